The minimum absolute atomic E-state index is 0.467. The number of hydrogen-bond acceptors (Lipinski definition) is 6. The topological polar surface area (TPSA) is 62.4 Å². The van der Waals surface area contributed by atoms with Gasteiger partial charge in [0, 0.05) is 11.3 Å². The zero-order chi connectivity index (χ0) is 18.6. The second-order valence-electron chi connectivity index (χ2n) is 5.59. The van der Waals surface area contributed by atoms with Gasteiger partial charge in [0.15, 0.2) is 0 Å². The minimum atomic E-state index is -3.13. The number of anilines is 1. The summed E-state index contributed by atoms with van der Waals surface area (Å²) in [5, 5.41) is 0. The van der Waals surface area contributed by atoms with Gasteiger partial charge >= 0.3 is 7.58 Å². The summed E-state index contributed by atoms with van der Waals surface area (Å²) in [5.74, 6) is -4.97. The fourth-order valence-electron chi connectivity index (χ4n) is 2.64. The van der Waals surface area contributed by atoms with Crippen LogP contribution in [0.5, 0.6) is 5.75 Å². The summed E-state index contributed by atoms with van der Waals surface area (Å²) in [6.45, 7) is 2.37. The van der Waals surface area contributed by atoms with Crippen LogP contribution in [-0.4, -0.2) is 4.98 Å². The molecule has 0 saturated carbocycles. The molecule has 0 fully saturated rings. The maximum absolute atomic E-state index is 6.33. The Morgan fingerprint density at radius 1 is 0.923 bits per heavy atom. The Kier molecular flexibility index (Phi) is 4.94. The molecule has 0 unspecified atom stereocenters. The van der Waals surface area contributed by atoms with E-state index in [1.807, 2.05) is 54.1 Å². The fourth-order valence-corrected chi connectivity index (χ4v) is 17.6. The third-order valence-corrected chi connectivity index (χ3v) is 15.2. The number of para-hydroxylation sites is 1. The number of halogens is 4. The number of aryl methyl sites for hydroxylation is 1. The van der Waals surface area contributed by atoms with Gasteiger partial charge in [0.1, 0.15) is 11.6 Å². The Morgan fingerprint density at radius 3 is 2.38 bits per heavy atom. The molecule has 0 N–H and O–H groups in total. The molecular formula is C13H12Cl4N5OP3. The normalized spacial score (nSPS) is 25.3. The summed E-state index contributed by atoms with van der Waals surface area (Å²) in [4.78, 5) is 4.59. The Labute approximate surface area is 170 Å². The SMILES string of the molecule is Cc1cccc(N2Cc3ccccc3O[P@@]23=NP(Cl)(Cl)=NP(Cl)(Cl)=N3)n1. The standard InChI is InChI=1S/C13H12Cl4N5OP3/c1-10-5-4-8-13(18-10)22-9-11-6-2-3-7-12(11)23-26(22)20-24(14,15)19-25(16,17)21-26/h2-8H,9H2,1H3. The van der Waals surface area contributed by atoms with Gasteiger partial charge in [-0.15, -0.1) is 0 Å². The van der Waals surface area contributed by atoms with Crippen LogP contribution in [0.25, 0.3) is 0 Å². The molecule has 2 aliphatic heterocycles. The van der Waals surface area contributed by atoms with E-state index in [0.29, 0.717) is 18.1 Å². The number of fused-ring (bicyclic) bond motifs is 1. The van der Waals surface area contributed by atoms with Gasteiger partial charge in [-0.05, 0) is 70.1 Å². The molecule has 1 aromatic heterocycles. The van der Waals surface area contributed by atoms with Crippen LogP contribution in [0, 0.1) is 6.92 Å². The van der Waals surface area contributed by atoms with Crippen molar-refractivity contribution in [2.24, 2.45) is 13.5 Å². The van der Waals surface area contributed by atoms with Gasteiger partial charge in [0.25, 0.3) is 11.8 Å². The first-order valence-electron chi connectivity index (χ1n) is 7.37. The third kappa shape index (κ3) is 3.71. The predicted molar refractivity (Wildman–Crippen MR) is 114 cm³/mol. The highest BCUT2D eigenvalue weighted by Crippen LogP contribution is 2.86. The molecule has 1 spiro atoms. The van der Waals surface area contributed by atoms with E-state index < -0.39 is 19.4 Å². The summed E-state index contributed by atoms with van der Waals surface area (Å²) in [6.07, 6.45) is 0. The lowest BCUT2D eigenvalue weighted by atomic mass is 10.2. The van der Waals surface area contributed by atoms with Crippen molar-refractivity contribution in [1.29, 1.82) is 0 Å². The average Bonchev–Trinajstić information content (AvgIpc) is 2.50. The Bertz CT molecular complexity index is 1060. The lowest BCUT2D eigenvalue weighted by Gasteiger charge is -2.39. The Morgan fingerprint density at radius 2 is 1.65 bits per heavy atom. The highest BCUT2D eigenvalue weighted by molar-refractivity contribution is 8.20. The zero-order valence-corrected chi connectivity index (χ0v) is 19.0. The number of benzene rings is 1. The molecular weight excluding hydrogens is 477 g/mol. The largest absolute Gasteiger partial charge is 0.426 e. The molecule has 13 heteroatoms. The van der Waals surface area contributed by atoms with Crippen LogP contribution in [0.4, 0.5) is 5.82 Å². The number of aromatic nitrogens is 1. The van der Waals surface area contributed by atoms with Crippen molar-refractivity contribution >= 4 is 70.2 Å². The molecule has 2 aliphatic rings. The number of pyridine rings is 1. The second-order valence-corrected chi connectivity index (χ2v) is 17.9. The van der Waals surface area contributed by atoms with Crippen LogP contribution >= 0.6 is 64.4 Å². The fraction of sp³-hybridized carbons (Fsp3) is 0.154. The molecule has 4 rings (SSSR count). The van der Waals surface area contributed by atoms with Crippen molar-refractivity contribution < 1.29 is 4.52 Å². The smallest absolute Gasteiger partial charge is 0.361 e. The maximum atomic E-state index is 6.33. The first-order chi connectivity index (χ1) is 12.2. The van der Waals surface area contributed by atoms with Crippen LogP contribution in [0.1, 0.15) is 11.3 Å². The van der Waals surface area contributed by atoms with Crippen LogP contribution < -0.4 is 9.19 Å². The van der Waals surface area contributed by atoms with Crippen LogP contribution in [0.15, 0.2) is 56.0 Å². The van der Waals surface area contributed by atoms with Gasteiger partial charge < -0.3 is 4.52 Å². The van der Waals surface area contributed by atoms with E-state index in [1.165, 1.54) is 0 Å². The molecule has 3 heterocycles. The number of hydrogen-bond donors (Lipinski definition) is 0. The molecule has 1 aromatic carbocycles. The predicted octanol–water partition coefficient (Wildman–Crippen LogP) is 8.60. The van der Waals surface area contributed by atoms with Crippen molar-refractivity contribution in [1.82, 2.24) is 4.98 Å². The summed E-state index contributed by atoms with van der Waals surface area (Å²) in [7, 11) is -3.11. The van der Waals surface area contributed by atoms with E-state index >= 15 is 0 Å². The summed E-state index contributed by atoms with van der Waals surface area (Å²) >= 11 is 25.3. The van der Waals surface area contributed by atoms with E-state index in [-0.39, 0.29) is 0 Å². The Hall–Kier alpha value is -0.180. The molecule has 138 valence electrons. The van der Waals surface area contributed by atoms with E-state index in [1.54, 1.807) is 0 Å². The molecule has 26 heavy (non-hydrogen) atoms. The second kappa shape index (κ2) is 6.71. The molecule has 0 aliphatic carbocycles. The van der Waals surface area contributed by atoms with Gasteiger partial charge in [-0.3, -0.25) is 4.67 Å². The molecule has 0 amide bonds. The minimum Gasteiger partial charge on any atom is -0.426 e. The number of nitrogens with zero attached hydrogens (tertiary/aromatic N) is 5. The van der Waals surface area contributed by atoms with Crippen LogP contribution in [0.3, 0.4) is 0 Å². The van der Waals surface area contributed by atoms with Crippen LogP contribution in [-0.2, 0) is 6.54 Å². The zero-order valence-electron chi connectivity index (χ0n) is 13.2. The van der Waals surface area contributed by atoms with E-state index in [2.05, 4.69) is 18.5 Å². The first-order valence-corrected chi connectivity index (χ1v) is 15.9. The summed E-state index contributed by atoms with van der Waals surface area (Å²) in [5.41, 5.74) is 1.81. The van der Waals surface area contributed by atoms with E-state index in [9.17, 15) is 0 Å². The van der Waals surface area contributed by atoms with Crippen molar-refractivity contribution in [2.75, 3.05) is 4.67 Å². The highest BCUT2D eigenvalue weighted by Gasteiger charge is 2.44. The summed E-state index contributed by atoms with van der Waals surface area (Å²) in [6, 6.07) is 13.3. The van der Waals surface area contributed by atoms with Crippen molar-refractivity contribution in [3.8, 4) is 5.75 Å². The van der Waals surface area contributed by atoms with Gasteiger partial charge in [-0.2, -0.15) is 13.5 Å². The summed E-state index contributed by atoms with van der Waals surface area (Å²) < 4.78 is 21.2. The molecule has 0 radical (unpaired) electrons. The average molecular weight is 489 g/mol. The molecule has 0 saturated heterocycles. The quantitative estimate of drug-likeness (QED) is 0.377. The van der Waals surface area contributed by atoms with Crippen molar-refractivity contribution in [2.45, 2.75) is 13.5 Å². The van der Waals surface area contributed by atoms with Gasteiger partial charge in [0.2, 0.25) is 0 Å². The van der Waals surface area contributed by atoms with E-state index in [0.717, 1.165) is 11.3 Å². The third-order valence-electron chi connectivity index (χ3n) is 3.63. The monoisotopic (exact) mass is 487 g/mol. The van der Waals surface area contributed by atoms with Gasteiger partial charge in [-0.25, -0.2) is 4.98 Å². The van der Waals surface area contributed by atoms with Gasteiger partial charge in [-0.1, -0.05) is 24.3 Å². The molecule has 1 atom stereocenters. The van der Waals surface area contributed by atoms with Gasteiger partial charge in [0.05, 0.1) is 6.54 Å². The first kappa shape index (κ1) is 19.2. The lowest BCUT2D eigenvalue weighted by Crippen LogP contribution is -2.26. The van der Waals surface area contributed by atoms with Crippen molar-refractivity contribution in [3.05, 3.63) is 53.7 Å². The Balaban J connectivity index is 2.01. The van der Waals surface area contributed by atoms with Crippen molar-refractivity contribution in [3.63, 3.8) is 0 Å². The van der Waals surface area contributed by atoms with Crippen LogP contribution in [0.2, 0.25) is 0 Å². The highest BCUT2D eigenvalue weighted by atomic mass is 35.9. The molecule has 0 bridgehead atoms. The maximum Gasteiger partial charge on any atom is 0.361 e. The molecule has 2 aromatic rings. The lowest BCUT2D eigenvalue weighted by molar-refractivity contribution is 0.568. The van der Waals surface area contributed by atoms with E-state index in [4.69, 9.17) is 49.5 Å². The number of rotatable bonds is 1. The molecule has 6 nitrogen and oxygen atoms in total.